The number of alkyl carbamates (subject to hydrolysis) is 1. The van der Waals surface area contributed by atoms with Gasteiger partial charge in [-0.05, 0) is 55.9 Å². The fourth-order valence-electron chi connectivity index (χ4n) is 3.93. The molecule has 0 spiro atoms. The van der Waals surface area contributed by atoms with Gasteiger partial charge in [-0.25, -0.2) is 9.59 Å². The summed E-state index contributed by atoms with van der Waals surface area (Å²) in [6.45, 7) is -3.00. The molecule has 3 aromatic carbocycles. The van der Waals surface area contributed by atoms with Crippen molar-refractivity contribution in [2.24, 2.45) is 0 Å². The van der Waals surface area contributed by atoms with Crippen molar-refractivity contribution >= 4 is 28.0 Å². The number of nitrogens with one attached hydrogen (secondary N) is 1. The number of halogens is 3. The summed E-state index contributed by atoms with van der Waals surface area (Å²) in [5.74, 6) is -1.66. The number of carbonyl (C=O) groups excluding carboxylic acids is 1. The van der Waals surface area contributed by atoms with Gasteiger partial charge in [-0.1, -0.05) is 54.6 Å². The van der Waals surface area contributed by atoms with Crippen molar-refractivity contribution in [1.82, 2.24) is 5.32 Å². The van der Waals surface area contributed by atoms with Gasteiger partial charge in [0.05, 0.1) is 4.47 Å². The van der Waals surface area contributed by atoms with Crippen LogP contribution < -0.4 is 10.1 Å². The van der Waals surface area contributed by atoms with Crippen molar-refractivity contribution in [3.8, 4) is 16.9 Å². The van der Waals surface area contributed by atoms with Crippen molar-refractivity contribution in [3.63, 3.8) is 0 Å². The second kappa shape index (κ2) is 9.58. The number of hydrogen-bond donors (Lipinski definition) is 2. The Balaban J connectivity index is 1.47. The minimum absolute atomic E-state index is 0.0249. The van der Waals surface area contributed by atoms with Gasteiger partial charge in [0.1, 0.15) is 12.4 Å². The molecule has 0 aliphatic heterocycles. The summed E-state index contributed by atoms with van der Waals surface area (Å²) in [5.41, 5.74) is 4.35. The molecule has 0 bridgehead atoms. The molecular weight excluding hydrogens is 500 g/mol. The average molecular weight is 518 g/mol. The summed E-state index contributed by atoms with van der Waals surface area (Å²) in [4.78, 5) is 24.2. The minimum atomic E-state index is -3.03. The molecule has 1 unspecified atom stereocenters. The lowest BCUT2D eigenvalue weighted by Crippen LogP contribution is -2.34. The van der Waals surface area contributed by atoms with Gasteiger partial charge in [0.15, 0.2) is 6.04 Å². The Bertz CT molecular complexity index is 1160. The van der Waals surface area contributed by atoms with Crippen LogP contribution >= 0.6 is 15.9 Å². The SMILES string of the molecule is O=C(NC(C(=O)O)c1ccc(OC(F)F)c(Br)c1)OCC1c2ccccc2-c2ccccc21. The molecule has 0 radical (unpaired) electrons. The van der Waals surface area contributed by atoms with E-state index in [9.17, 15) is 23.5 Å². The maximum Gasteiger partial charge on any atom is 0.408 e. The zero-order valence-corrected chi connectivity index (χ0v) is 18.6. The Morgan fingerprint density at radius 1 is 1.00 bits per heavy atom. The number of benzene rings is 3. The number of fused-ring (bicyclic) bond motifs is 3. The van der Waals surface area contributed by atoms with E-state index < -0.39 is 24.7 Å². The lowest BCUT2D eigenvalue weighted by atomic mass is 9.98. The maximum atomic E-state index is 12.5. The van der Waals surface area contributed by atoms with Crippen LogP contribution in [0.2, 0.25) is 0 Å². The molecule has 1 aliphatic carbocycles. The second-order valence-corrected chi connectivity index (χ2v) is 8.16. The average Bonchev–Trinajstić information content (AvgIpc) is 3.11. The molecule has 9 heteroatoms. The van der Waals surface area contributed by atoms with Crippen LogP contribution in [0.5, 0.6) is 5.75 Å². The van der Waals surface area contributed by atoms with Gasteiger partial charge < -0.3 is 19.9 Å². The van der Waals surface area contributed by atoms with Gasteiger partial charge in [0.2, 0.25) is 0 Å². The number of alkyl halides is 2. The highest BCUT2D eigenvalue weighted by Gasteiger charge is 2.30. The highest BCUT2D eigenvalue weighted by Crippen LogP contribution is 2.44. The van der Waals surface area contributed by atoms with Gasteiger partial charge in [0.25, 0.3) is 0 Å². The molecule has 0 saturated carbocycles. The summed E-state index contributed by atoms with van der Waals surface area (Å²) in [5, 5.41) is 11.9. The standard InChI is InChI=1S/C24H18BrF2NO5/c25-19-11-13(9-10-20(19)33-23(26)27)21(22(29)30)28-24(31)32-12-18-16-7-3-1-5-14(16)15-6-2-4-8-17(15)18/h1-11,18,21,23H,12H2,(H,28,31)(H,29,30). The van der Waals surface area contributed by atoms with Gasteiger partial charge in [-0.15, -0.1) is 0 Å². The van der Waals surface area contributed by atoms with Gasteiger partial charge in [-0.2, -0.15) is 8.78 Å². The molecule has 0 heterocycles. The van der Waals surface area contributed by atoms with E-state index in [4.69, 9.17) is 4.74 Å². The number of aliphatic carboxylic acids is 1. The molecule has 4 rings (SSSR count). The van der Waals surface area contributed by atoms with Crippen LogP contribution in [0.1, 0.15) is 28.7 Å². The molecule has 1 atom stereocenters. The Morgan fingerprint density at radius 3 is 2.15 bits per heavy atom. The normalized spacial score (nSPS) is 13.2. The zero-order chi connectivity index (χ0) is 23.5. The van der Waals surface area contributed by atoms with Crippen molar-refractivity contribution in [2.75, 3.05) is 6.61 Å². The lowest BCUT2D eigenvalue weighted by Gasteiger charge is -2.18. The highest BCUT2D eigenvalue weighted by atomic mass is 79.9. The molecule has 1 aliphatic rings. The van der Waals surface area contributed by atoms with Gasteiger partial charge in [0, 0.05) is 5.92 Å². The molecule has 170 valence electrons. The van der Waals surface area contributed by atoms with Crippen molar-refractivity contribution < 1.29 is 33.0 Å². The smallest absolute Gasteiger partial charge is 0.408 e. The van der Waals surface area contributed by atoms with E-state index in [0.717, 1.165) is 22.3 Å². The Hall–Kier alpha value is -3.46. The van der Waals surface area contributed by atoms with Crippen LogP contribution in [0.25, 0.3) is 11.1 Å². The predicted octanol–water partition coefficient (Wildman–Crippen LogP) is 5.71. The summed E-state index contributed by atoms with van der Waals surface area (Å²) in [6.07, 6.45) is -0.909. The third-order valence-electron chi connectivity index (χ3n) is 5.36. The van der Waals surface area contributed by atoms with Crippen LogP contribution in [0.15, 0.2) is 71.2 Å². The Kier molecular flexibility index (Phi) is 6.60. The first-order valence-corrected chi connectivity index (χ1v) is 10.7. The van der Waals surface area contributed by atoms with E-state index in [2.05, 4.69) is 26.0 Å². The van der Waals surface area contributed by atoms with Crippen LogP contribution in [-0.2, 0) is 9.53 Å². The van der Waals surface area contributed by atoms with Crippen molar-refractivity contribution in [2.45, 2.75) is 18.6 Å². The van der Waals surface area contributed by atoms with E-state index in [1.807, 2.05) is 48.5 Å². The molecule has 33 heavy (non-hydrogen) atoms. The predicted molar refractivity (Wildman–Crippen MR) is 119 cm³/mol. The summed E-state index contributed by atoms with van der Waals surface area (Å²) >= 11 is 3.07. The molecule has 0 saturated heterocycles. The zero-order valence-electron chi connectivity index (χ0n) is 17.0. The number of carboxylic acid groups (broad SMARTS) is 1. The quantitative estimate of drug-likeness (QED) is 0.419. The molecule has 1 amide bonds. The summed E-state index contributed by atoms with van der Waals surface area (Å²) < 4.78 is 34.8. The van der Waals surface area contributed by atoms with Gasteiger partial charge in [-0.3, -0.25) is 0 Å². The fraction of sp³-hybridized carbons (Fsp3) is 0.167. The fourth-order valence-corrected chi connectivity index (χ4v) is 4.42. The largest absolute Gasteiger partial charge is 0.479 e. The third kappa shape index (κ3) is 4.83. The molecule has 6 nitrogen and oxygen atoms in total. The van der Waals surface area contributed by atoms with E-state index in [1.54, 1.807) is 0 Å². The molecule has 3 aromatic rings. The van der Waals surface area contributed by atoms with Crippen LogP contribution in [0, 0.1) is 0 Å². The summed E-state index contributed by atoms with van der Waals surface area (Å²) in [7, 11) is 0. The number of carboxylic acids is 1. The van der Waals surface area contributed by atoms with Gasteiger partial charge >= 0.3 is 18.7 Å². The van der Waals surface area contributed by atoms with Crippen LogP contribution in [0.3, 0.4) is 0 Å². The van der Waals surface area contributed by atoms with E-state index in [1.165, 1.54) is 18.2 Å². The molecule has 0 aromatic heterocycles. The van der Waals surface area contributed by atoms with E-state index in [-0.39, 0.29) is 28.3 Å². The minimum Gasteiger partial charge on any atom is -0.479 e. The number of carbonyl (C=O) groups is 2. The number of amides is 1. The third-order valence-corrected chi connectivity index (χ3v) is 5.98. The Labute approximate surface area is 196 Å². The van der Waals surface area contributed by atoms with Crippen molar-refractivity contribution in [3.05, 3.63) is 87.9 Å². The monoisotopic (exact) mass is 517 g/mol. The number of hydrogen-bond acceptors (Lipinski definition) is 4. The first kappa shape index (κ1) is 22.7. The number of ether oxygens (including phenoxy) is 2. The van der Waals surface area contributed by atoms with E-state index >= 15 is 0 Å². The van der Waals surface area contributed by atoms with Crippen LogP contribution in [-0.4, -0.2) is 30.4 Å². The van der Waals surface area contributed by atoms with E-state index in [0.29, 0.717) is 0 Å². The van der Waals surface area contributed by atoms with Crippen LogP contribution in [0.4, 0.5) is 13.6 Å². The molecular formula is C24H18BrF2NO5. The highest BCUT2D eigenvalue weighted by molar-refractivity contribution is 9.10. The Morgan fingerprint density at radius 2 is 1.61 bits per heavy atom. The first-order chi connectivity index (χ1) is 15.8. The lowest BCUT2D eigenvalue weighted by molar-refractivity contribution is -0.139. The molecule has 2 N–H and O–H groups in total. The van der Waals surface area contributed by atoms with Crippen molar-refractivity contribution in [1.29, 1.82) is 0 Å². The maximum absolute atomic E-state index is 12.5. The summed E-state index contributed by atoms with van der Waals surface area (Å²) in [6, 6.07) is 18.0. The molecule has 0 fully saturated rings. The topological polar surface area (TPSA) is 84.9 Å². The second-order valence-electron chi connectivity index (χ2n) is 7.31. The first-order valence-electron chi connectivity index (χ1n) is 9.93. The number of rotatable bonds is 7.